The zero-order valence-electron chi connectivity index (χ0n) is 13.4. The van der Waals surface area contributed by atoms with Crippen LogP contribution >= 0.6 is 11.3 Å². The third-order valence-corrected chi connectivity index (χ3v) is 5.26. The second kappa shape index (κ2) is 6.13. The van der Waals surface area contributed by atoms with E-state index in [1.165, 1.54) is 16.1 Å². The molecule has 0 radical (unpaired) electrons. The summed E-state index contributed by atoms with van der Waals surface area (Å²) in [5, 5.41) is 0. The van der Waals surface area contributed by atoms with Crippen molar-refractivity contribution in [2.45, 2.75) is 32.9 Å². The first-order chi connectivity index (χ1) is 10.5. The number of benzene rings is 1. The molecule has 2 heterocycles. The topological polar surface area (TPSA) is 23.6 Å². The number of amides is 1. The fraction of sp³-hybridized carbons (Fsp3) is 0.389. The molecular weight excluding hydrogens is 292 g/mol. The van der Waals surface area contributed by atoms with Crippen LogP contribution < -0.4 is 4.90 Å². The van der Waals surface area contributed by atoms with Crippen LogP contribution in [-0.4, -0.2) is 30.4 Å². The molecule has 116 valence electrons. The Bertz CT molecular complexity index is 679. The molecule has 0 N–H and O–H groups in total. The number of aryl methyl sites for hydroxylation is 1. The lowest BCUT2D eigenvalue weighted by molar-refractivity contribution is -0.132. The summed E-state index contributed by atoms with van der Waals surface area (Å²) in [5.41, 5.74) is 2.46. The SMILES string of the molecule is Cc1ccc(CC(=O)N2Cc3ccccc3N(C)CC2C)s1. The number of nitrogens with zero attached hydrogens (tertiary/aromatic N) is 2. The molecule has 1 aromatic carbocycles. The van der Waals surface area contributed by atoms with Crippen molar-refractivity contribution in [3.05, 3.63) is 51.7 Å². The van der Waals surface area contributed by atoms with Crippen molar-refractivity contribution in [1.82, 2.24) is 4.90 Å². The van der Waals surface area contributed by atoms with Crippen LogP contribution in [0.15, 0.2) is 36.4 Å². The second-order valence-corrected chi connectivity index (χ2v) is 7.44. The van der Waals surface area contributed by atoms with Gasteiger partial charge in [-0.25, -0.2) is 0 Å². The van der Waals surface area contributed by atoms with E-state index < -0.39 is 0 Å². The molecule has 22 heavy (non-hydrogen) atoms. The van der Waals surface area contributed by atoms with Gasteiger partial charge in [-0.3, -0.25) is 4.79 Å². The Balaban J connectivity index is 1.82. The maximum absolute atomic E-state index is 12.8. The van der Waals surface area contributed by atoms with Gasteiger partial charge < -0.3 is 9.80 Å². The number of hydrogen-bond donors (Lipinski definition) is 0. The van der Waals surface area contributed by atoms with Crippen LogP contribution in [0, 0.1) is 6.92 Å². The molecule has 0 bridgehead atoms. The van der Waals surface area contributed by atoms with Crippen molar-refractivity contribution in [2.24, 2.45) is 0 Å². The summed E-state index contributed by atoms with van der Waals surface area (Å²) >= 11 is 1.71. The van der Waals surface area contributed by atoms with Gasteiger partial charge in [0.05, 0.1) is 6.42 Å². The number of anilines is 1. The number of carbonyl (C=O) groups excluding carboxylic acids is 1. The van der Waals surface area contributed by atoms with Crippen LogP contribution in [0.1, 0.15) is 22.2 Å². The summed E-state index contributed by atoms with van der Waals surface area (Å²) < 4.78 is 0. The number of rotatable bonds is 2. The summed E-state index contributed by atoms with van der Waals surface area (Å²) in [4.78, 5) is 19.5. The highest BCUT2D eigenvalue weighted by atomic mass is 32.1. The van der Waals surface area contributed by atoms with E-state index in [2.05, 4.69) is 56.1 Å². The van der Waals surface area contributed by atoms with Gasteiger partial charge in [-0.1, -0.05) is 18.2 Å². The highest BCUT2D eigenvalue weighted by Gasteiger charge is 2.26. The molecule has 0 saturated carbocycles. The lowest BCUT2D eigenvalue weighted by Gasteiger charge is -2.28. The number of para-hydroxylation sites is 1. The molecule has 0 saturated heterocycles. The third kappa shape index (κ3) is 3.02. The number of hydrogen-bond acceptors (Lipinski definition) is 3. The predicted octanol–water partition coefficient (Wildman–Crippen LogP) is 3.47. The summed E-state index contributed by atoms with van der Waals surface area (Å²) in [6, 6.07) is 12.7. The zero-order chi connectivity index (χ0) is 15.7. The maximum atomic E-state index is 12.8. The van der Waals surface area contributed by atoms with E-state index in [1.54, 1.807) is 11.3 Å². The van der Waals surface area contributed by atoms with Crippen molar-refractivity contribution < 1.29 is 4.79 Å². The Morgan fingerprint density at radius 3 is 2.77 bits per heavy atom. The fourth-order valence-electron chi connectivity index (χ4n) is 3.11. The van der Waals surface area contributed by atoms with E-state index >= 15 is 0 Å². The highest BCUT2D eigenvalue weighted by Crippen LogP contribution is 2.27. The van der Waals surface area contributed by atoms with Gasteiger partial charge in [0, 0.05) is 41.6 Å². The third-order valence-electron chi connectivity index (χ3n) is 4.26. The first kappa shape index (κ1) is 15.1. The van der Waals surface area contributed by atoms with Gasteiger partial charge in [0.1, 0.15) is 0 Å². The normalized spacial score (nSPS) is 18.0. The molecule has 0 fully saturated rings. The van der Waals surface area contributed by atoms with E-state index in [0.29, 0.717) is 13.0 Å². The average Bonchev–Trinajstić information content (AvgIpc) is 2.84. The molecule has 1 atom stereocenters. The van der Waals surface area contributed by atoms with E-state index in [4.69, 9.17) is 0 Å². The van der Waals surface area contributed by atoms with Crippen LogP contribution in [-0.2, 0) is 17.8 Å². The standard InChI is InChI=1S/C18H22N2OS/c1-13-11-19(3)17-7-5-4-6-15(17)12-20(13)18(21)10-16-9-8-14(2)22-16/h4-9,13H,10-12H2,1-3H3. The molecule has 1 aromatic heterocycles. The molecule has 3 rings (SSSR count). The van der Waals surface area contributed by atoms with Crippen molar-refractivity contribution in [2.75, 3.05) is 18.5 Å². The first-order valence-corrected chi connectivity index (χ1v) is 8.50. The molecule has 1 aliphatic rings. The van der Waals surface area contributed by atoms with Crippen LogP contribution in [0.3, 0.4) is 0 Å². The Morgan fingerprint density at radius 2 is 2.05 bits per heavy atom. The molecule has 3 nitrogen and oxygen atoms in total. The van der Waals surface area contributed by atoms with Gasteiger partial charge in [-0.2, -0.15) is 0 Å². The molecular formula is C18H22N2OS. The van der Waals surface area contributed by atoms with Gasteiger partial charge in [0.2, 0.25) is 5.91 Å². The van der Waals surface area contributed by atoms with E-state index in [9.17, 15) is 4.79 Å². The van der Waals surface area contributed by atoms with Gasteiger partial charge in [0.15, 0.2) is 0 Å². The smallest absolute Gasteiger partial charge is 0.228 e. The quantitative estimate of drug-likeness (QED) is 0.847. The Hall–Kier alpha value is -1.81. The monoisotopic (exact) mass is 314 g/mol. The summed E-state index contributed by atoms with van der Waals surface area (Å²) in [5.74, 6) is 0.222. The first-order valence-electron chi connectivity index (χ1n) is 7.68. The zero-order valence-corrected chi connectivity index (χ0v) is 14.2. The number of likely N-dealkylation sites (N-methyl/N-ethyl adjacent to an activating group) is 1. The molecule has 0 aliphatic carbocycles. The average molecular weight is 314 g/mol. The van der Waals surface area contributed by atoms with Crippen molar-refractivity contribution in [3.8, 4) is 0 Å². The summed E-state index contributed by atoms with van der Waals surface area (Å²) in [6.07, 6.45) is 0.509. The minimum Gasteiger partial charge on any atom is -0.372 e. The van der Waals surface area contributed by atoms with Crippen LogP contribution in [0.2, 0.25) is 0 Å². The van der Waals surface area contributed by atoms with E-state index in [-0.39, 0.29) is 11.9 Å². The summed E-state index contributed by atoms with van der Waals surface area (Å²) in [6.45, 7) is 5.79. The fourth-order valence-corrected chi connectivity index (χ4v) is 4.00. The van der Waals surface area contributed by atoms with E-state index in [0.717, 1.165) is 11.4 Å². The van der Waals surface area contributed by atoms with E-state index in [1.807, 2.05) is 11.0 Å². The largest absolute Gasteiger partial charge is 0.372 e. The predicted molar refractivity (Wildman–Crippen MR) is 92.5 cm³/mol. The van der Waals surface area contributed by atoms with Gasteiger partial charge >= 0.3 is 0 Å². The maximum Gasteiger partial charge on any atom is 0.228 e. The van der Waals surface area contributed by atoms with Gasteiger partial charge in [-0.15, -0.1) is 11.3 Å². The molecule has 4 heteroatoms. The molecule has 1 aliphatic heterocycles. The number of thiophene rings is 1. The van der Waals surface area contributed by atoms with Crippen LogP contribution in [0.25, 0.3) is 0 Å². The lowest BCUT2D eigenvalue weighted by Crippen LogP contribution is -2.42. The van der Waals surface area contributed by atoms with Crippen LogP contribution in [0.4, 0.5) is 5.69 Å². The lowest BCUT2D eigenvalue weighted by atomic mass is 10.1. The number of fused-ring (bicyclic) bond motifs is 1. The molecule has 1 amide bonds. The van der Waals surface area contributed by atoms with Crippen LogP contribution in [0.5, 0.6) is 0 Å². The summed E-state index contributed by atoms with van der Waals surface area (Å²) in [7, 11) is 2.10. The Kier molecular flexibility index (Phi) is 4.21. The molecule has 2 aromatic rings. The second-order valence-electron chi connectivity index (χ2n) is 6.07. The van der Waals surface area contributed by atoms with Gasteiger partial charge in [-0.05, 0) is 37.6 Å². The minimum absolute atomic E-state index is 0.214. The Morgan fingerprint density at radius 1 is 1.27 bits per heavy atom. The number of carbonyl (C=O) groups is 1. The highest BCUT2D eigenvalue weighted by molar-refractivity contribution is 7.12. The van der Waals surface area contributed by atoms with Crippen molar-refractivity contribution in [3.63, 3.8) is 0 Å². The molecule has 0 spiro atoms. The van der Waals surface area contributed by atoms with Crippen molar-refractivity contribution >= 4 is 22.9 Å². The minimum atomic E-state index is 0.214. The van der Waals surface area contributed by atoms with Crippen molar-refractivity contribution in [1.29, 1.82) is 0 Å². The Labute approximate surface area is 136 Å². The van der Waals surface area contributed by atoms with Gasteiger partial charge in [0.25, 0.3) is 0 Å². The molecule has 1 unspecified atom stereocenters.